The summed E-state index contributed by atoms with van der Waals surface area (Å²) in [6.07, 6.45) is 1.67. The lowest BCUT2D eigenvalue weighted by Crippen LogP contribution is -2.40. The van der Waals surface area contributed by atoms with E-state index in [9.17, 15) is 9.18 Å². The quantitative estimate of drug-likeness (QED) is 0.835. The standard InChI is InChI=1S/C23H27FN2O3/c1-16(19-4-7-21-22(14-19)29-13-12-28-21)25-23(27)18-8-10-26(11-9-18)15-17-2-5-20(24)6-3-17/h2-7,14,16,18H,8-13,15H2,1H3,(H,25,27). The third-order valence-electron chi connectivity index (χ3n) is 5.70. The van der Waals surface area contributed by atoms with Crippen LogP contribution in [0.4, 0.5) is 4.39 Å². The van der Waals surface area contributed by atoms with Gasteiger partial charge >= 0.3 is 0 Å². The van der Waals surface area contributed by atoms with Crippen LogP contribution in [0.15, 0.2) is 42.5 Å². The Kier molecular flexibility index (Phi) is 6.00. The first-order valence-corrected chi connectivity index (χ1v) is 10.3. The number of ether oxygens (including phenoxy) is 2. The molecule has 1 amide bonds. The normalized spacial score (nSPS) is 18.3. The molecule has 0 aromatic heterocycles. The molecule has 4 rings (SSSR count). The molecule has 1 atom stereocenters. The van der Waals surface area contributed by atoms with Gasteiger partial charge in [-0.3, -0.25) is 9.69 Å². The van der Waals surface area contributed by atoms with Crippen LogP contribution < -0.4 is 14.8 Å². The summed E-state index contributed by atoms with van der Waals surface area (Å²) in [6, 6.07) is 12.4. The van der Waals surface area contributed by atoms with Gasteiger partial charge in [0.25, 0.3) is 0 Å². The first-order valence-electron chi connectivity index (χ1n) is 10.3. The summed E-state index contributed by atoms with van der Waals surface area (Å²) >= 11 is 0. The summed E-state index contributed by atoms with van der Waals surface area (Å²) < 4.78 is 24.2. The van der Waals surface area contributed by atoms with Crippen molar-refractivity contribution in [2.45, 2.75) is 32.4 Å². The van der Waals surface area contributed by atoms with E-state index in [-0.39, 0.29) is 23.7 Å². The van der Waals surface area contributed by atoms with Crippen LogP contribution in [0.1, 0.15) is 36.9 Å². The second-order valence-corrected chi connectivity index (χ2v) is 7.81. The van der Waals surface area contributed by atoms with Crippen LogP contribution in [0.3, 0.4) is 0 Å². The number of amides is 1. The fraction of sp³-hybridized carbons (Fsp3) is 0.435. The van der Waals surface area contributed by atoms with E-state index in [0.717, 1.165) is 55.1 Å². The Bertz CT molecular complexity index is 848. The van der Waals surface area contributed by atoms with Crippen molar-refractivity contribution in [1.29, 1.82) is 0 Å². The fourth-order valence-electron chi connectivity index (χ4n) is 3.95. The van der Waals surface area contributed by atoms with Gasteiger partial charge in [0, 0.05) is 12.5 Å². The zero-order valence-corrected chi connectivity index (χ0v) is 16.7. The average Bonchev–Trinajstić information content (AvgIpc) is 2.75. The summed E-state index contributed by atoms with van der Waals surface area (Å²) in [4.78, 5) is 15.1. The lowest BCUT2D eigenvalue weighted by molar-refractivity contribution is -0.127. The molecule has 0 bridgehead atoms. The SMILES string of the molecule is CC(NC(=O)C1CCN(Cc2ccc(F)cc2)CC1)c1ccc2c(c1)OCCO2. The molecule has 0 spiro atoms. The van der Waals surface area contributed by atoms with E-state index in [4.69, 9.17) is 9.47 Å². The maximum Gasteiger partial charge on any atom is 0.223 e. The molecule has 0 aliphatic carbocycles. The molecule has 0 radical (unpaired) electrons. The van der Waals surface area contributed by atoms with Crippen molar-refractivity contribution in [2.75, 3.05) is 26.3 Å². The number of halogens is 1. The Morgan fingerprint density at radius 2 is 1.79 bits per heavy atom. The predicted octanol–water partition coefficient (Wildman–Crippen LogP) is 3.69. The van der Waals surface area contributed by atoms with E-state index in [2.05, 4.69) is 10.2 Å². The summed E-state index contributed by atoms with van der Waals surface area (Å²) in [6.45, 7) is 5.64. The molecule has 1 fully saturated rings. The molecule has 5 nitrogen and oxygen atoms in total. The van der Waals surface area contributed by atoms with Gasteiger partial charge in [-0.05, 0) is 68.2 Å². The molecule has 1 N–H and O–H groups in total. The number of rotatable bonds is 5. The molecular formula is C23H27FN2O3. The molecule has 0 saturated carbocycles. The summed E-state index contributed by atoms with van der Waals surface area (Å²) in [7, 11) is 0. The van der Waals surface area contributed by atoms with E-state index in [1.807, 2.05) is 37.3 Å². The van der Waals surface area contributed by atoms with Gasteiger partial charge in [0.05, 0.1) is 6.04 Å². The summed E-state index contributed by atoms with van der Waals surface area (Å²) in [5.41, 5.74) is 2.11. The van der Waals surface area contributed by atoms with Gasteiger partial charge in [-0.2, -0.15) is 0 Å². The maximum absolute atomic E-state index is 13.0. The van der Waals surface area contributed by atoms with Crippen LogP contribution >= 0.6 is 0 Å². The topological polar surface area (TPSA) is 50.8 Å². The minimum absolute atomic E-state index is 0.0270. The molecule has 6 heteroatoms. The Hall–Kier alpha value is -2.60. The zero-order valence-electron chi connectivity index (χ0n) is 16.7. The van der Waals surface area contributed by atoms with Crippen molar-refractivity contribution < 1.29 is 18.7 Å². The highest BCUT2D eigenvalue weighted by Crippen LogP contribution is 2.32. The van der Waals surface area contributed by atoms with Crippen molar-refractivity contribution in [3.05, 3.63) is 59.4 Å². The number of fused-ring (bicyclic) bond motifs is 1. The van der Waals surface area contributed by atoms with Gasteiger partial charge in [0.1, 0.15) is 19.0 Å². The van der Waals surface area contributed by atoms with Gasteiger partial charge in [-0.25, -0.2) is 4.39 Å². The third-order valence-corrected chi connectivity index (χ3v) is 5.70. The van der Waals surface area contributed by atoms with Crippen LogP contribution in [0.25, 0.3) is 0 Å². The molecular weight excluding hydrogens is 371 g/mol. The van der Waals surface area contributed by atoms with Crippen LogP contribution in [0.2, 0.25) is 0 Å². The lowest BCUT2D eigenvalue weighted by atomic mass is 9.94. The number of carbonyl (C=O) groups is 1. The number of nitrogens with zero attached hydrogens (tertiary/aromatic N) is 1. The third kappa shape index (κ3) is 4.88. The molecule has 29 heavy (non-hydrogen) atoms. The van der Waals surface area contributed by atoms with E-state index >= 15 is 0 Å². The molecule has 2 heterocycles. The number of piperidine rings is 1. The summed E-state index contributed by atoms with van der Waals surface area (Å²) in [5.74, 6) is 1.42. The van der Waals surface area contributed by atoms with Crippen molar-refractivity contribution >= 4 is 5.91 Å². The van der Waals surface area contributed by atoms with Crippen molar-refractivity contribution in [3.63, 3.8) is 0 Å². The Morgan fingerprint density at radius 3 is 2.52 bits per heavy atom. The van der Waals surface area contributed by atoms with Gasteiger partial charge in [0.15, 0.2) is 11.5 Å². The van der Waals surface area contributed by atoms with Crippen LogP contribution in [0.5, 0.6) is 11.5 Å². The first kappa shape index (κ1) is 19.7. The van der Waals surface area contributed by atoms with Crippen LogP contribution in [-0.2, 0) is 11.3 Å². The number of carbonyl (C=O) groups excluding carboxylic acids is 1. The average molecular weight is 398 g/mol. The minimum atomic E-state index is -0.212. The number of benzene rings is 2. The minimum Gasteiger partial charge on any atom is -0.486 e. The van der Waals surface area contributed by atoms with Crippen LogP contribution in [-0.4, -0.2) is 37.1 Å². The Labute approximate surface area is 170 Å². The highest BCUT2D eigenvalue weighted by molar-refractivity contribution is 5.79. The fourth-order valence-corrected chi connectivity index (χ4v) is 3.95. The predicted molar refractivity (Wildman–Crippen MR) is 108 cm³/mol. The molecule has 2 aromatic carbocycles. The Morgan fingerprint density at radius 1 is 1.10 bits per heavy atom. The lowest BCUT2D eigenvalue weighted by Gasteiger charge is -2.32. The largest absolute Gasteiger partial charge is 0.486 e. The number of hydrogen-bond donors (Lipinski definition) is 1. The van der Waals surface area contributed by atoms with Gasteiger partial charge in [-0.15, -0.1) is 0 Å². The van der Waals surface area contributed by atoms with Crippen molar-refractivity contribution in [1.82, 2.24) is 10.2 Å². The first-order chi connectivity index (χ1) is 14.1. The second kappa shape index (κ2) is 8.82. The zero-order chi connectivity index (χ0) is 20.2. The molecule has 2 aromatic rings. The second-order valence-electron chi connectivity index (χ2n) is 7.81. The van der Waals surface area contributed by atoms with Crippen molar-refractivity contribution in [3.8, 4) is 11.5 Å². The number of likely N-dealkylation sites (tertiary alicyclic amines) is 1. The Balaban J connectivity index is 1.27. The van der Waals surface area contributed by atoms with Gasteiger partial charge in [-0.1, -0.05) is 18.2 Å². The van der Waals surface area contributed by atoms with E-state index in [1.165, 1.54) is 12.1 Å². The molecule has 1 saturated heterocycles. The van der Waals surface area contributed by atoms with Gasteiger partial charge < -0.3 is 14.8 Å². The molecule has 2 aliphatic heterocycles. The highest BCUT2D eigenvalue weighted by Gasteiger charge is 2.26. The monoisotopic (exact) mass is 398 g/mol. The summed E-state index contributed by atoms with van der Waals surface area (Å²) in [5, 5.41) is 3.15. The number of hydrogen-bond acceptors (Lipinski definition) is 4. The maximum atomic E-state index is 13.0. The van der Waals surface area contributed by atoms with Gasteiger partial charge in [0.2, 0.25) is 5.91 Å². The van der Waals surface area contributed by atoms with Crippen LogP contribution in [0, 0.1) is 11.7 Å². The molecule has 154 valence electrons. The smallest absolute Gasteiger partial charge is 0.223 e. The molecule has 2 aliphatic rings. The highest BCUT2D eigenvalue weighted by atomic mass is 19.1. The van der Waals surface area contributed by atoms with E-state index < -0.39 is 0 Å². The van der Waals surface area contributed by atoms with Crippen molar-refractivity contribution in [2.24, 2.45) is 5.92 Å². The van der Waals surface area contributed by atoms with E-state index in [1.54, 1.807) is 0 Å². The van der Waals surface area contributed by atoms with E-state index in [0.29, 0.717) is 13.2 Å². The molecule has 1 unspecified atom stereocenters. The number of nitrogens with one attached hydrogen (secondary N) is 1.